The largest absolute Gasteiger partial charge is 0.390 e. The fourth-order valence-corrected chi connectivity index (χ4v) is 4.20. The number of aromatic nitrogens is 3. The molecule has 4 rings (SSSR count). The highest BCUT2D eigenvalue weighted by Crippen LogP contribution is 2.38. The molecule has 0 saturated carbocycles. The zero-order chi connectivity index (χ0) is 18.1. The zero-order valence-electron chi connectivity index (χ0n) is 15.4. The standard InChI is InChI=1S/C20H26N4O2/c1-14-12-18(23-19(22-14)15-5-8-21-9-6-15)24-10-3-4-17(24)16-13-26-11-7-20(16,2)25/h5-6,8-9,12,16-17,25H,3-4,7,10-11,13H2,1-2H3/t16-,17-,20-/m1/s1. The minimum absolute atomic E-state index is 0.0957. The van der Waals surface area contributed by atoms with Crippen molar-refractivity contribution >= 4 is 5.82 Å². The lowest BCUT2D eigenvalue weighted by Crippen LogP contribution is -2.52. The van der Waals surface area contributed by atoms with Crippen molar-refractivity contribution in [2.75, 3.05) is 24.7 Å². The molecular weight excluding hydrogens is 328 g/mol. The summed E-state index contributed by atoms with van der Waals surface area (Å²) in [5.41, 5.74) is 1.22. The molecule has 2 aliphatic heterocycles. The fourth-order valence-electron chi connectivity index (χ4n) is 4.20. The van der Waals surface area contributed by atoms with Crippen LogP contribution in [0, 0.1) is 12.8 Å². The van der Waals surface area contributed by atoms with Crippen LogP contribution in [0.1, 0.15) is 31.9 Å². The van der Waals surface area contributed by atoms with Crippen LogP contribution in [0.25, 0.3) is 11.4 Å². The summed E-state index contributed by atoms with van der Waals surface area (Å²) in [6.07, 6.45) is 6.36. The summed E-state index contributed by atoms with van der Waals surface area (Å²) in [6, 6.07) is 6.14. The lowest BCUT2D eigenvalue weighted by atomic mass is 9.79. The van der Waals surface area contributed by atoms with E-state index in [0.717, 1.165) is 42.3 Å². The number of pyridine rings is 1. The van der Waals surface area contributed by atoms with Gasteiger partial charge in [-0.15, -0.1) is 0 Å². The summed E-state index contributed by atoms with van der Waals surface area (Å²) in [4.78, 5) is 15.9. The Bertz CT molecular complexity index is 766. The Labute approximate surface area is 154 Å². The number of aliphatic hydroxyl groups is 1. The minimum Gasteiger partial charge on any atom is -0.390 e. The number of rotatable bonds is 3. The molecule has 0 bridgehead atoms. The van der Waals surface area contributed by atoms with Gasteiger partial charge >= 0.3 is 0 Å². The number of nitrogens with zero attached hydrogens (tertiary/aromatic N) is 4. The average molecular weight is 354 g/mol. The van der Waals surface area contributed by atoms with E-state index in [0.29, 0.717) is 19.6 Å². The average Bonchev–Trinajstić information content (AvgIpc) is 3.11. The third-order valence-electron chi connectivity index (χ3n) is 5.69. The Morgan fingerprint density at radius 2 is 2.08 bits per heavy atom. The predicted molar refractivity (Wildman–Crippen MR) is 99.9 cm³/mol. The van der Waals surface area contributed by atoms with Gasteiger partial charge in [-0.3, -0.25) is 4.98 Å². The van der Waals surface area contributed by atoms with E-state index < -0.39 is 5.60 Å². The van der Waals surface area contributed by atoms with Crippen molar-refractivity contribution in [1.29, 1.82) is 0 Å². The van der Waals surface area contributed by atoms with Crippen molar-refractivity contribution in [2.24, 2.45) is 5.92 Å². The van der Waals surface area contributed by atoms with Crippen LogP contribution in [0.15, 0.2) is 30.6 Å². The molecule has 0 spiro atoms. The van der Waals surface area contributed by atoms with E-state index in [1.807, 2.05) is 32.0 Å². The van der Waals surface area contributed by atoms with Crippen LogP contribution in [0.4, 0.5) is 5.82 Å². The minimum atomic E-state index is -0.693. The number of aryl methyl sites for hydroxylation is 1. The zero-order valence-corrected chi connectivity index (χ0v) is 15.4. The molecular formula is C20H26N4O2. The number of anilines is 1. The highest BCUT2D eigenvalue weighted by Gasteiger charge is 2.44. The van der Waals surface area contributed by atoms with E-state index in [2.05, 4.69) is 14.9 Å². The van der Waals surface area contributed by atoms with E-state index in [-0.39, 0.29) is 12.0 Å². The molecule has 0 aliphatic carbocycles. The number of hydrogen-bond donors (Lipinski definition) is 1. The van der Waals surface area contributed by atoms with E-state index in [9.17, 15) is 5.11 Å². The highest BCUT2D eigenvalue weighted by molar-refractivity contribution is 5.57. The molecule has 2 aliphatic rings. The summed E-state index contributed by atoms with van der Waals surface area (Å²) in [5.74, 6) is 1.76. The van der Waals surface area contributed by atoms with E-state index >= 15 is 0 Å². The van der Waals surface area contributed by atoms with Gasteiger partial charge in [-0.05, 0) is 45.2 Å². The van der Waals surface area contributed by atoms with Gasteiger partial charge in [-0.25, -0.2) is 9.97 Å². The van der Waals surface area contributed by atoms with Crippen molar-refractivity contribution in [3.05, 3.63) is 36.3 Å². The third kappa shape index (κ3) is 3.31. The lowest BCUT2D eigenvalue weighted by Gasteiger charge is -2.43. The van der Waals surface area contributed by atoms with Gasteiger partial charge in [0.2, 0.25) is 0 Å². The fraction of sp³-hybridized carbons (Fsp3) is 0.550. The number of ether oxygens (including phenoxy) is 1. The molecule has 2 aromatic heterocycles. The normalized spacial score (nSPS) is 29.1. The monoisotopic (exact) mass is 354 g/mol. The Morgan fingerprint density at radius 3 is 2.85 bits per heavy atom. The van der Waals surface area contributed by atoms with Crippen LogP contribution in [-0.2, 0) is 4.74 Å². The second-order valence-electron chi connectivity index (χ2n) is 7.62. The SMILES string of the molecule is Cc1cc(N2CCC[C@@H]2[C@H]2COCC[C@@]2(C)O)nc(-c2ccncc2)n1. The molecule has 2 aromatic rings. The number of hydrogen-bond acceptors (Lipinski definition) is 6. The maximum absolute atomic E-state index is 10.9. The first-order valence-electron chi connectivity index (χ1n) is 9.37. The molecule has 0 aromatic carbocycles. The molecule has 4 heterocycles. The molecule has 6 nitrogen and oxygen atoms in total. The van der Waals surface area contributed by atoms with Crippen LogP contribution >= 0.6 is 0 Å². The van der Waals surface area contributed by atoms with Gasteiger partial charge in [0.05, 0.1) is 12.2 Å². The summed E-state index contributed by atoms with van der Waals surface area (Å²) in [6.45, 7) is 6.14. The molecule has 0 unspecified atom stereocenters. The van der Waals surface area contributed by atoms with Gasteiger partial charge in [0.25, 0.3) is 0 Å². The van der Waals surface area contributed by atoms with E-state index in [4.69, 9.17) is 9.72 Å². The highest BCUT2D eigenvalue weighted by atomic mass is 16.5. The molecule has 1 N–H and O–H groups in total. The Balaban J connectivity index is 1.67. The van der Waals surface area contributed by atoms with E-state index in [1.54, 1.807) is 12.4 Å². The molecule has 0 radical (unpaired) electrons. The first-order valence-corrected chi connectivity index (χ1v) is 9.37. The first-order chi connectivity index (χ1) is 12.5. The van der Waals surface area contributed by atoms with Gasteiger partial charge in [-0.2, -0.15) is 0 Å². The van der Waals surface area contributed by atoms with E-state index in [1.165, 1.54) is 0 Å². The Morgan fingerprint density at radius 1 is 1.27 bits per heavy atom. The van der Waals surface area contributed by atoms with Gasteiger partial charge in [-0.1, -0.05) is 0 Å². The smallest absolute Gasteiger partial charge is 0.161 e. The Kier molecular flexibility index (Phi) is 4.63. The summed E-state index contributed by atoms with van der Waals surface area (Å²) >= 11 is 0. The van der Waals surface area contributed by atoms with Crippen molar-refractivity contribution in [3.63, 3.8) is 0 Å². The lowest BCUT2D eigenvalue weighted by molar-refractivity contribution is -0.108. The van der Waals surface area contributed by atoms with Crippen LogP contribution in [0.5, 0.6) is 0 Å². The van der Waals surface area contributed by atoms with Gasteiger partial charge in [0.1, 0.15) is 5.82 Å². The van der Waals surface area contributed by atoms with Gasteiger partial charge in [0.15, 0.2) is 5.82 Å². The van der Waals surface area contributed by atoms with Gasteiger partial charge in [0, 0.05) is 54.8 Å². The topological polar surface area (TPSA) is 71.4 Å². The van der Waals surface area contributed by atoms with Crippen molar-refractivity contribution in [1.82, 2.24) is 15.0 Å². The Hall–Kier alpha value is -2.05. The van der Waals surface area contributed by atoms with Gasteiger partial charge < -0.3 is 14.7 Å². The summed E-state index contributed by atoms with van der Waals surface area (Å²) < 4.78 is 5.70. The summed E-state index contributed by atoms with van der Waals surface area (Å²) in [7, 11) is 0. The molecule has 26 heavy (non-hydrogen) atoms. The second kappa shape index (κ2) is 6.93. The summed E-state index contributed by atoms with van der Waals surface area (Å²) in [5, 5.41) is 10.9. The first kappa shape index (κ1) is 17.4. The molecule has 0 amide bonds. The maximum atomic E-state index is 10.9. The third-order valence-corrected chi connectivity index (χ3v) is 5.69. The van der Waals surface area contributed by atoms with Crippen molar-refractivity contribution in [2.45, 2.75) is 44.8 Å². The second-order valence-corrected chi connectivity index (χ2v) is 7.62. The molecule has 138 valence electrons. The quantitative estimate of drug-likeness (QED) is 0.913. The van der Waals surface area contributed by atoms with Crippen molar-refractivity contribution in [3.8, 4) is 11.4 Å². The van der Waals surface area contributed by atoms with Crippen LogP contribution in [0.2, 0.25) is 0 Å². The molecule has 2 saturated heterocycles. The maximum Gasteiger partial charge on any atom is 0.161 e. The predicted octanol–water partition coefficient (Wildman–Crippen LogP) is 2.60. The van der Waals surface area contributed by atoms with Crippen LogP contribution in [0.3, 0.4) is 0 Å². The van der Waals surface area contributed by atoms with Crippen LogP contribution < -0.4 is 4.90 Å². The van der Waals surface area contributed by atoms with Crippen LogP contribution in [-0.4, -0.2) is 51.5 Å². The molecule has 6 heteroatoms. The molecule has 2 fully saturated rings. The molecule has 3 atom stereocenters. The van der Waals surface area contributed by atoms with Crippen molar-refractivity contribution < 1.29 is 9.84 Å².